The standard InChI is InChI=1S/C6H12N/c1-3-6(2)4-5-7/h5-7H,2-4H2,1H3. The normalized spacial score (nSPS) is 13.4. The summed E-state index contributed by atoms with van der Waals surface area (Å²) in [6.45, 7) is 5.88. The molecular weight excluding hydrogens is 86.1 g/mol. The molecule has 0 aromatic heterocycles. The molecule has 1 nitrogen and oxygen atoms in total. The molecule has 7 heavy (non-hydrogen) atoms. The van der Waals surface area contributed by atoms with Gasteiger partial charge >= 0.3 is 0 Å². The quantitative estimate of drug-likeness (QED) is 0.521. The number of hydrogen-bond donors (Lipinski definition) is 1. The lowest BCUT2D eigenvalue weighted by Gasteiger charge is -1.99. The summed E-state index contributed by atoms with van der Waals surface area (Å²) in [5.41, 5.74) is 0. The Bertz CT molecular complexity index is 50.1. The highest BCUT2D eigenvalue weighted by Crippen LogP contribution is 2.01. The molecule has 1 heteroatoms. The van der Waals surface area contributed by atoms with Crippen LogP contribution in [0.1, 0.15) is 19.8 Å². The summed E-state index contributed by atoms with van der Waals surface area (Å²) in [5.74, 6) is 0.456. The molecule has 0 spiro atoms. The Morgan fingerprint density at radius 2 is 2.43 bits per heavy atom. The Morgan fingerprint density at radius 1 is 1.86 bits per heavy atom. The summed E-state index contributed by atoms with van der Waals surface area (Å²) in [6, 6.07) is 0. The van der Waals surface area contributed by atoms with E-state index in [0.717, 1.165) is 12.8 Å². The van der Waals surface area contributed by atoms with Gasteiger partial charge in [0.15, 0.2) is 0 Å². The van der Waals surface area contributed by atoms with Gasteiger partial charge in [0.1, 0.15) is 0 Å². The van der Waals surface area contributed by atoms with Gasteiger partial charge in [-0.1, -0.05) is 13.3 Å². The molecule has 0 saturated carbocycles. The molecular formula is C6H12N. The fraction of sp³-hybridized carbons (Fsp3) is 0.667. The van der Waals surface area contributed by atoms with Crippen LogP contribution in [0.5, 0.6) is 0 Å². The maximum atomic E-state index is 6.67. The Morgan fingerprint density at radius 3 is 2.57 bits per heavy atom. The topological polar surface area (TPSA) is 23.9 Å². The van der Waals surface area contributed by atoms with Gasteiger partial charge in [-0.15, -0.1) is 0 Å². The van der Waals surface area contributed by atoms with Crippen LogP contribution >= 0.6 is 0 Å². The second-order valence-corrected chi connectivity index (χ2v) is 1.71. The highest BCUT2D eigenvalue weighted by atomic mass is 14.3. The molecule has 0 fully saturated rings. The van der Waals surface area contributed by atoms with Crippen molar-refractivity contribution in [1.29, 1.82) is 5.41 Å². The van der Waals surface area contributed by atoms with E-state index < -0.39 is 0 Å². The van der Waals surface area contributed by atoms with Crippen molar-refractivity contribution in [2.45, 2.75) is 19.8 Å². The van der Waals surface area contributed by atoms with Crippen molar-refractivity contribution >= 4 is 6.21 Å². The van der Waals surface area contributed by atoms with Gasteiger partial charge in [0.05, 0.1) is 0 Å². The van der Waals surface area contributed by atoms with Crippen LogP contribution in [0.15, 0.2) is 0 Å². The zero-order valence-electron chi connectivity index (χ0n) is 4.78. The first-order chi connectivity index (χ1) is 3.31. The number of rotatable bonds is 3. The lowest BCUT2D eigenvalue weighted by atomic mass is 10.1. The predicted octanol–water partition coefficient (Wildman–Crippen LogP) is 1.89. The molecule has 0 amide bonds. The van der Waals surface area contributed by atoms with Gasteiger partial charge in [-0.2, -0.15) is 0 Å². The summed E-state index contributed by atoms with van der Waals surface area (Å²) < 4.78 is 0. The van der Waals surface area contributed by atoms with Crippen molar-refractivity contribution in [1.82, 2.24) is 0 Å². The zero-order valence-corrected chi connectivity index (χ0v) is 4.78. The molecule has 41 valence electrons. The third-order valence-corrected chi connectivity index (χ3v) is 1.03. The fourth-order valence-electron chi connectivity index (χ4n) is 0.333. The van der Waals surface area contributed by atoms with Crippen LogP contribution < -0.4 is 0 Å². The monoisotopic (exact) mass is 98.1 g/mol. The maximum absolute atomic E-state index is 6.67. The SMILES string of the molecule is [CH2]C(CC)CC=N. The minimum Gasteiger partial charge on any atom is -0.313 e. The van der Waals surface area contributed by atoms with Gasteiger partial charge in [0.25, 0.3) is 0 Å². The molecule has 1 radical (unpaired) electrons. The molecule has 0 heterocycles. The third kappa shape index (κ3) is 3.50. The van der Waals surface area contributed by atoms with E-state index in [1.54, 1.807) is 0 Å². The molecule has 0 saturated heterocycles. The van der Waals surface area contributed by atoms with Crippen molar-refractivity contribution in [3.63, 3.8) is 0 Å². The van der Waals surface area contributed by atoms with E-state index in [9.17, 15) is 0 Å². The van der Waals surface area contributed by atoms with Crippen molar-refractivity contribution in [3.05, 3.63) is 6.92 Å². The molecule has 0 aliphatic heterocycles. The molecule has 0 bridgehead atoms. The van der Waals surface area contributed by atoms with E-state index in [1.807, 2.05) is 0 Å². The summed E-state index contributed by atoms with van der Waals surface area (Å²) in [4.78, 5) is 0. The first-order valence-corrected chi connectivity index (χ1v) is 2.63. The van der Waals surface area contributed by atoms with E-state index in [4.69, 9.17) is 5.41 Å². The van der Waals surface area contributed by atoms with Crippen LogP contribution in [0.4, 0.5) is 0 Å². The number of hydrogen-bond acceptors (Lipinski definition) is 1. The largest absolute Gasteiger partial charge is 0.313 e. The van der Waals surface area contributed by atoms with Crippen LogP contribution in [0.3, 0.4) is 0 Å². The summed E-state index contributed by atoms with van der Waals surface area (Å²) in [7, 11) is 0. The second-order valence-electron chi connectivity index (χ2n) is 1.71. The molecule has 0 rings (SSSR count). The van der Waals surface area contributed by atoms with Crippen LogP contribution in [0.25, 0.3) is 0 Å². The van der Waals surface area contributed by atoms with Gasteiger partial charge in [0, 0.05) is 0 Å². The smallest absolute Gasteiger partial charge is 0.00450 e. The molecule has 1 N–H and O–H groups in total. The Balaban J connectivity index is 2.98. The van der Waals surface area contributed by atoms with Gasteiger partial charge in [-0.3, -0.25) is 0 Å². The highest BCUT2D eigenvalue weighted by Gasteiger charge is 1.91. The minimum atomic E-state index is 0.456. The van der Waals surface area contributed by atoms with Crippen molar-refractivity contribution in [2.75, 3.05) is 0 Å². The predicted molar refractivity (Wildman–Crippen MR) is 32.5 cm³/mol. The summed E-state index contributed by atoms with van der Waals surface area (Å²) in [6.07, 6.45) is 3.33. The molecule has 1 unspecified atom stereocenters. The minimum absolute atomic E-state index is 0.456. The van der Waals surface area contributed by atoms with Crippen molar-refractivity contribution in [3.8, 4) is 0 Å². The van der Waals surface area contributed by atoms with Crippen LogP contribution in [0, 0.1) is 18.3 Å². The molecule has 0 aliphatic rings. The molecule has 1 atom stereocenters. The van der Waals surface area contributed by atoms with E-state index in [1.165, 1.54) is 6.21 Å². The summed E-state index contributed by atoms with van der Waals surface area (Å²) >= 11 is 0. The second kappa shape index (κ2) is 3.85. The van der Waals surface area contributed by atoms with E-state index in [-0.39, 0.29) is 0 Å². The van der Waals surface area contributed by atoms with E-state index in [0.29, 0.717) is 5.92 Å². The Kier molecular flexibility index (Phi) is 3.67. The van der Waals surface area contributed by atoms with Crippen molar-refractivity contribution < 1.29 is 0 Å². The van der Waals surface area contributed by atoms with E-state index in [2.05, 4.69) is 13.8 Å². The Hall–Kier alpha value is -0.330. The van der Waals surface area contributed by atoms with Crippen LogP contribution in [-0.2, 0) is 0 Å². The van der Waals surface area contributed by atoms with Gasteiger partial charge in [-0.05, 0) is 25.5 Å². The first-order valence-electron chi connectivity index (χ1n) is 2.63. The first kappa shape index (κ1) is 6.67. The highest BCUT2D eigenvalue weighted by molar-refractivity contribution is 5.53. The van der Waals surface area contributed by atoms with Gasteiger partial charge < -0.3 is 5.41 Å². The van der Waals surface area contributed by atoms with Gasteiger partial charge in [0.2, 0.25) is 0 Å². The number of nitrogens with one attached hydrogen (secondary N) is 1. The average molecular weight is 98.2 g/mol. The molecule has 0 aliphatic carbocycles. The van der Waals surface area contributed by atoms with E-state index >= 15 is 0 Å². The average Bonchev–Trinajstić information content (AvgIpc) is 1.68. The lowest BCUT2D eigenvalue weighted by molar-refractivity contribution is 0.655. The van der Waals surface area contributed by atoms with Crippen molar-refractivity contribution in [2.24, 2.45) is 5.92 Å². The fourth-order valence-corrected chi connectivity index (χ4v) is 0.333. The lowest BCUT2D eigenvalue weighted by Crippen LogP contribution is -1.90. The third-order valence-electron chi connectivity index (χ3n) is 1.03. The Labute approximate surface area is 45.2 Å². The van der Waals surface area contributed by atoms with Gasteiger partial charge in [-0.25, -0.2) is 0 Å². The summed E-state index contributed by atoms with van der Waals surface area (Å²) in [5, 5.41) is 6.67. The van der Waals surface area contributed by atoms with Crippen LogP contribution in [-0.4, -0.2) is 6.21 Å². The van der Waals surface area contributed by atoms with Crippen LogP contribution in [0.2, 0.25) is 0 Å². The molecule has 0 aromatic rings. The zero-order chi connectivity index (χ0) is 5.70. The maximum Gasteiger partial charge on any atom is -0.00450 e. The molecule has 0 aromatic carbocycles.